The summed E-state index contributed by atoms with van der Waals surface area (Å²) < 4.78 is 53.4. The first-order valence-corrected chi connectivity index (χ1v) is 11.4. The summed E-state index contributed by atoms with van der Waals surface area (Å²) in [5.41, 5.74) is -0.0469. The van der Waals surface area contributed by atoms with Crippen LogP contribution in [0.3, 0.4) is 0 Å². The van der Waals surface area contributed by atoms with Crippen molar-refractivity contribution < 1.29 is 22.4 Å². The van der Waals surface area contributed by atoms with E-state index in [9.17, 15) is 18.0 Å². The van der Waals surface area contributed by atoms with E-state index in [2.05, 4.69) is 19.9 Å². The number of aryl methyl sites for hydroxylation is 2. The Labute approximate surface area is 200 Å². The second-order valence-electron chi connectivity index (χ2n) is 8.85. The Kier molecular flexibility index (Phi) is 7.09. The van der Waals surface area contributed by atoms with E-state index in [1.54, 1.807) is 24.0 Å². The zero-order chi connectivity index (χ0) is 25.2. The van der Waals surface area contributed by atoms with E-state index < -0.39 is 17.6 Å². The minimum Gasteiger partial charge on any atom is -0.335 e. The topological polar surface area (TPSA) is 71.9 Å². The highest BCUT2D eigenvalue weighted by Gasteiger charge is 2.35. The van der Waals surface area contributed by atoms with Crippen molar-refractivity contribution in [3.05, 3.63) is 71.3 Å². The van der Waals surface area contributed by atoms with Crippen molar-refractivity contribution >= 4 is 5.91 Å². The second-order valence-corrected chi connectivity index (χ2v) is 8.85. The number of carbonyl (C=O) groups is 1. The highest BCUT2D eigenvalue weighted by atomic mass is 19.4. The lowest BCUT2D eigenvalue weighted by atomic mass is 9.86. The minimum absolute atomic E-state index is 0.0595. The lowest BCUT2D eigenvalue weighted by molar-refractivity contribution is -0.138. The fraction of sp³-hybridized carbons (Fsp3) is 0.400. The van der Waals surface area contributed by atoms with Crippen molar-refractivity contribution in [2.45, 2.75) is 51.7 Å². The van der Waals surface area contributed by atoms with Gasteiger partial charge in [-0.15, -0.1) is 0 Å². The van der Waals surface area contributed by atoms with Crippen molar-refractivity contribution in [3.63, 3.8) is 0 Å². The van der Waals surface area contributed by atoms with Crippen molar-refractivity contribution in [2.24, 2.45) is 5.92 Å². The molecule has 1 aromatic carbocycles. The number of hydrogen-bond acceptors (Lipinski definition) is 5. The van der Waals surface area contributed by atoms with Crippen LogP contribution in [0, 0.1) is 18.7 Å². The molecule has 1 saturated heterocycles. The maximum atomic E-state index is 15.0. The quantitative estimate of drug-likeness (QED) is 0.459. The number of rotatable bonds is 5. The van der Waals surface area contributed by atoms with Crippen LogP contribution >= 0.6 is 0 Å². The van der Waals surface area contributed by atoms with Gasteiger partial charge in [0, 0.05) is 43.8 Å². The average Bonchev–Trinajstić information content (AvgIpc) is 2.82. The fourth-order valence-electron chi connectivity index (χ4n) is 4.57. The summed E-state index contributed by atoms with van der Waals surface area (Å²) >= 11 is 0. The molecule has 3 heterocycles. The van der Waals surface area contributed by atoms with Crippen LogP contribution in [-0.2, 0) is 12.6 Å². The van der Waals surface area contributed by atoms with Gasteiger partial charge in [-0.25, -0.2) is 24.3 Å². The maximum Gasteiger partial charge on any atom is 0.419 e. The number of nitrogens with zero attached hydrogens (tertiary/aromatic N) is 5. The van der Waals surface area contributed by atoms with Gasteiger partial charge in [0.2, 0.25) is 0 Å². The predicted molar refractivity (Wildman–Crippen MR) is 121 cm³/mol. The summed E-state index contributed by atoms with van der Waals surface area (Å²) in [5, 5.41) is 0. The summed E-state index contributed by atoms with van der Waals surface area (Å²) in [6.07, 6.45) is 2.52. The number of halogens is 4. The summed E-state index contributed by atoms with van der Waals surface area (Å²) in [5.74, 6) is -0.330. The molecule has 0 N–H and O–H groups in total. The highest BCUT2D eigenvalue weighted by Crippen LogP contribution is 2.32. The zero-order valence-corrected chi connectivity index (χ0v) is 19.4. The molecular formula is C25H25F4N5O. The Morgan fingerprint density at radius 2 is 1.80 bits per heavy atom. The third kappa shape index (κ3) is 5.47. The van der Waals surface area contributed by atoms with Crippen LogP contribution in [-0.4, -0.2) is 43.3 Å². The van der Waals surface area contributed by atoms with Crippen LogP contribution in [0.25, 0.3) is 11.4 Å². The molecule has 0 unspecified atom stereocenters. The molecule has 0 saturated carbocycles. The summed E-state index contributed by atoms with van der Waals surface area (Å²) in [6, 6.07) is 4.41. The maximum absolute atomic E-state index is 15.0. The molecule has 1 aliphatic rings. The molecule has 2 atom stereocenters. The van der Waals surface area contributed by atoms with Crippen LogP contribution in [0.15, 0.2) is 43.0 Å². The van der Waals surface area contributed by atoms with Gasteiger partial charge in [0.25, 0.3) is 5.91 Å². The standard InChI is InChI=1S/C25H25F4N5O/c1-15-11-18(22(19(26)12-15)23-30-8-4-9-31-23)24(35)34-10-3-5-16(2)20(34)6-7-21-32-13-17(14-33-21)25(27,28)29/h4,8-9,11-14,16,20H,3,5-7,10H2,1-2H3/t16-,20-/m1/s1. The van der Waals surface area contributed by atoms with Gasteiger partial charge in [-0.3, -0.25) is 4.79 Å². The van der Waals surface area contributed by atoms with Gasteiger partial charge in [-0.2, -0.15) is 13.2 Å². The Balaban J connectivity index is 1.60. The van der Waals surface area contributed by atoms with E-state index in [1.807, 2.05) is 6.92 Å². The minimum atomic E-state index is -4.50. The van der Waals surface area contributed by atoms with Crippen LogP contribution in [0.5, 0.6) is 0 Å². The number of hydrogen-bond donors (Lipinski definition) is 0. The van der Waals surface area contributed by atoms with Gasteiger partial charge in [0.15, 0.2) is 5.82 Å². The first-order chi connectivity index (χ1) is 16.6. The van der Waals surface area contributed by atoms with Crippen molar-refractivity contribution in [1.29, 1.82) is 0 Å². The molecular weight excluding hydrogens is 462 g/mol. The SMILES string of the molecule is Cc1cc(F)c(-c2ncccn2)c(C(=O)N2CCC[C@@H](C)[C@H]2CCc2ncc(C(F)(F)F)cn2)c1. The summed E-state index contributed by atoms with van der Waals surface area (Å²) in [7, 11) is 0. The third-order valence-corrected chi connectivity index (χ3v) is 6.33. The molecule has 1 amide bonds. The molecule has 3 aromatic rings. The molecule has 6 nitrogen and oxygen atoms in total. The van der Waals surface area contributed by atoms with Gasteiger partial charge in [0.1, 0.15) is 11.6 Å². The first kappa shape index (κ1) is 24.7. The predicted octanol–water partition coefficient (Wildman–Crippen LogP) is 5.27. The monoisotopic (exact) mass is 487 g/mol. The van der Waals surface area contributed by atoms with Gasteiger partial charge < -0.3 is 4.90 Å². The third-order valence-electron chi connectivity index (χ3n) is 6.33. The number of likely N-dealkylation sites (tertiary alicyclic amines) is 1. The summed E-state index contributed by atoms with van der Waals surface area (Å²) in [6.45, 7) is 4.25. The Morgan fingerprint density at radius 1 is 1.11 bits per heavy atom. The normalized spacial score (nSPS) is 18.5. The lowest BCUT2D eigenvalue weighted by Crippen LogP contribution is -2.48. The Bertz CT molecular complexity index is 1180. The molecule has 4 rings (SSSR count). The molecule has 1 aliphatic heterocycles. The lowest BCUT2D eigenvalue weighted by Gasteiger charge is -2.40. The van der Waals surface area contributed by atoms with Crippen LogP contribution in [0.4, 0.5) is 17.6 Å². The number of aromatic nitrogens is 4. The second kappa shape index (κ2) is 10.1. The van der Waals surface area contributed by atoms with Crippen molar-refractivity contribution in [3.8, 4) is 11.4 Å². The molecule has 35 heavy (non-hydrogen) atoms. The van der Waals surface area contributed by atoms with Gasteiger partial charge >= 0.3 is 6.18 Å². The number of piperidine rings is 1. The molecule has 2 aromatic heterocycles. The molecule has 0 aliphatic carbocycles. The van der Waals surface area contributed by atoms with E-state index in [1.165, 1.54) is 18.5 Å². The van der Waals surface area contributed by atoms with E-state index in [4.69, 9.17) is 0 Å². The molecule has 10 heteroatoms. The van der Waals surface area contributed by atoms with Crippen molar-refractivity contribution in [1.82, 2.24) is 24.8 Å². The smallest absolute Gasteiger partial charge is 0.335 e. The van der Waals surface area contributed by atoms with Crippen LogP contribution in [0.1, 0.15) is 53.5 Å². The first-order valence-electron chi connectivity index (χ1n) is 11.4. The molecule has 0 radical (unpaired) electrons. The molecule has 1 fully saturated rings. The highest BCUT2D eigenvalue weighted by molar-refractivity contribution is 6.00. The number of alkyl halides is 3. The van der Waals surface area contributed by atoms with E-state index in [0.717, 1.165) is 25.2 Å². The van der Waals surface area contributed by atoms with Gasteiger partial charge in [-0.05, 0) is 55.9 Å². The Hall–Kier alpha value is -3.43. The molecule has 0 bridgehead atoms. The molecule has 184 valence electrons. The number of amides is 1. The van der Waals surface area contributed by atoms with Crippen LogP contribution in [0.2, 0.25) is 0 Å². The Morgan fingerprint density at radius 3 is 2.46 bits per heavy atom. The van der Waals surface area contributed by atoms with Gasteiger partial charge in [-0.1, -0.05) is 6.92 Å². The van der Waals surface area contributed by atoms with E-state index >= 15 is 4.39 Å². The van der Waals surface area contributed by atoms with Gasteiger partial charge in [0.05, 0.1) is 16.7 Å². The average molecular weight is 488 g/mol. The summed E-state index contributed by atoms with van der Waals surface area (Å²) in [4.78, 5) is 31.5. The number of carbonyl (C=O) groups excluding carboxylic acids is 1. The van der Waals surface area contributed by atoms with E-state index in [-0.39, 0.29) is 40.6 Å². The van der Waals surface area contributed by atoms with Crippen LogP contribution < -0.4 is 0 Å². The van der Waals surface area contributed by atoms with Crippen molar-refractivity contribution in [2.75, 3.05) is 6.54 Å². The largest absolute Gasteiger partial charge is 0.419 e. The number of benzene rings is 1. The van der Waals surface area contributed by atoms with E-state index in [0.29, 0.717) is 24.9 Å². The zero-order valence-electron chi connectivity index (χ0n) is 19.4. The fourth-order valence-corrected chi connectivity index (χ4v) is 4.57. The molecule has 0 spiro atoms.